The number of ether oxygens (including phenoxy) is 3. The van der Waals surface area contributed by atoms with Crippen LogP contribution in [0.4, 0.5) is 0 Å². The zero-order chi connectivity index (χ0) is 17.1. The largest absolute Gasteiger partial charge is 0.456 e. The van der Waals surface area contributed by atoms with E-state index in [9.17, 15) is 24.3 Å². The number of aldehydes is 1. The van der Waals surface area contributed by atoms with Crippen LogP contribution in [0.2, 0.25) is 0 Å². The van der Waals surface area contributed by atoms with Gasteiger partial charge in [0.1, 0.15) is 0 Å². The van der Waals surface area contributed by atoms with Gasteiger partial charge in [-0.3, -0.25) is 19.2 Å². The first kappa shape index (κ1) is 12.1. The van der Waals surface area contributed by atoms with Crippen LogP contribution >= 0.6 is 0 Å². The summed E-state index contributed by atoms with van der Waals surface area (Å²) < 4.78 is 34.4. The molecule has 0 amide bonds. The Kier molecular flexibility index (Phi) is 5.22. The number of aliphatic hydroxyl groups excluding tert-OH is 1. The van der Waals surface area contributed by atoms with E-state index >= 15 is 0 Å². The van der Waals surface area contributed by atoms with E-state index in [4.69, 9.17) is 8.85 Å². The van der Waals surface area contributed by atoms with Crippen molar-refractivity contribution in [1.29, 1.82) is 0 Å². The Labute approximate surface area is 113 Å². The molecule has 0 saturated carbocycles. The fourth-order valence-corrected chi connectivity index (χ4v) is 1.21. The molecule has 0 spiro atoms. The summed E-state index contributed by atoms with van der Waals surface area (Å²) in [5.41, 5.74) is 0. The summed E-state index contributed by atoms with van der Waals surface area (Å²) in [7, 11) is 0. The maximum Gasteiger partial charge on any atom is 0.303 e. The second-order valence-corrected chi connectivity index (χ2v) is 3.26. The second kappa shape index (κ2) is 8.20. The molecule has 0 rings (SSSR count). The van der Waals surface area contributed by atoms with Gasteiger partial charge in [0.2, 0.25) is 0 Å². The predicted molar refractivity (Wildman–Crippen MR) is 59.8 cm³/mol. The third-order valence-corrected chi connectivity index (χ3v) is 1.82. The molecule has 8 nitrogen and oxygen atoms in total. The number of carbonyl (C=O) groups excluding carboxylic acids is 4. The van der Waals surface area contributed by atoms with E-state index in [1.165, 1.54) is 0 Å². The second-order valence-electron chi connectivity index (χ2n) is 3.26. The van der Waals surface area contributed by atoms with Crippen LogP contribution in [0.25, 0.3) is 0 Å². The van der Waals surface area contributed by atoms with Crippen molar-refractivity contribution in [2.45, 2.75) is 39.0 Å². The molecule has 0 aromatic heterocycles. The average Bonchev–Trinajstić information content (AvgIpc) is 2.54. The number of hydrogen-bond donors (Lipinski definition) is 1. The molecule has 0 aromatic carbocycles. The van der Waals surface area contributed by atoms with Crippen molar-refractivity contribution in [3.05, 3.63) is 0 Å². The lowest BCUT2D eigenvalue weighted by atomic mass is 10.1. The fourth-order valence-electron chi connectivity index (χ4n) is 1.21. The number of carbonyl (C=O) groups is 4. The van der Waals surface area contributed by atoms with Gasteiger partial charge in [-0.05, 0) is 0 Å². The molecule has 0 aromatic rings. The van der Waals surface area contributed by atoms with Crippen LogP contribution in [-0.2, 0) is 33.4 Å². The Bertz CT molecular complexity index is 403. The Hall–Kier alpha value is -1.96. The summed E-state index contributed by atoms with van der Waals surface area (Å²) in [6, 6.07) is 0. The van der Waals surface area contributed by atoms with Gasteiger partial charge >= 0.3 is 17.9 Å². The lowest BCUT2D eigenvalue weighted by molar-refractivity contribution is -0.185. The van der Waals surface area contributed by atoms with Crippen molar-refractivity contribution < 1.29 is 42.6 Å². The van der Waals surface area contributed by atoms with Crippen molar-refractivity contribution in [2.75, 3.05) is 6.61 Å². The van der Waals surface area contributed by atoms with Gasteiger partial charge in [0, 0.05) is 24.8 Å². The van der Waals surface area contributed by atoms with Gasteiger partial charge < -0.3 is 19.3 Å². The molecule has 8 heteroatoms. The molecule has 19 heavy (non-hydrogen) atoms. The quantitative estimate of drug-likeness (QED) is 0.357. The van der Waals surface area contributed by atoms with E-state index in [1.807, 2.05) is 0 Å². The molecule has 0 fully saturated rings. The van der Waals surface area contributed by atoms with Gasteiger partial charge in [-0.2, -0.15) is 0 Å². The maximum atomic E-state index is 11.2. The monoisotopic (exact) mass is 279 g/mol. The van der Waals surface area contributed by atoms with Gasteiger partial charge in [0.25, 0.3) is 0 Å². The first-order valence-electron chi connectivity index (χ1n) is 7.07. The number of hydrogen-bond acceptors (Lipinski definition) is 8. The summed E-state index contributed by atoms with van der Waals surface area (Å²) in [5.74, 6) is -3.28. The molecule has 0 saturated heterocycles. The average molecular weight is 279 g/mol. The van der Waals surface area contributed by atoms with Crippen LogP contribution in [0.3, 0.4) is 0 Å². The molecular formula is C11H16O8. The number of rotatable bonds is 7. The molecular weight excluding hydrogens is 260 g/mol. The van der Waals surface area contributed by atoms with E-state index in [-0.39, 0.29) is 6.29 Å². The molecule has 0 radical (unpaired) electrons. The normalized spacial score (nSPS) is 16.8. The molecule has 0 unspecified atom stereocenters. The van der Waals surface area contributed by atoms with Crippen LogP contribution in [0.1, 0.15) is 24.8 Å². The molecule has 0 aliphatic carbocycles. The molecule has 3 atom stereocenters. The zero-order valence-electron chi connectivity index (χ0n) is 12.9. The Balaban J connectivity index is 5.27. The van der Waals surface area contributed by atoms with E-state index in [0.717, 1.165) is 0 Å². The summed E-state index contributed by atoms with van der Waals surface area (Å²) in [6.45, 7) is -3.29. The lowest BCUT2D eigenvalue weighted by Gasteiger charge is -2.28. The highest BCUT2D eigenvalue weighted by molar-refractivity contribution is 5.72. The third-order valence-electron chi connectivity index (χ3n) is 1.82. The fraction of sp³-hybridized carbons (Fsp3) is 0.636. The molecule has 108 valence electrons. The number of esters is 3. The van der Waals surface area contributed by atoms with Crippen LogP contribution in [0, 0.1) is 0 Å². The van der Waals surface area contributed by atoms with E-state index in [0.29, 0.717) is 0 Å². The van der Waals surface area contributed by atoms with Crippen LogP contribution < -0.4 is 0 Å². The lowest BCUT2D eigenvalue weighted by Crippen LogP contribution is -2.47. The van der Waals surface area contributed by atoms with Gasteiger partial charge in [0.05, 0.1) is 6.61 Å². The van der Waals surface area contributed by atoms with Crippen molar-refractivity contribution >= 4 is 24.2 Å². The van der Waals surface area contributed by atoms with Crippen molar-refractivity contribution in [3.63, 3.8) is 0 Å². The summed E-state index contributed by atoms with van der Waals surface area (Å²) in [6.07, 6.45) is -4.91. The molecule has 0 aliphatic heterocycles. The SMILES string of the molecule is [2H]CC(=O)O[C@@H]([C@H](C=O)OC(=O)C[2H])[C@@H](CO)OC(=O)C[2H]. The van der Waals surface area contributed by atoms with Crippen molar-refractivity contribution in [2.24, 2.45) is 0 Å². The van der Waals surface area contributed by atoms with Crippen LogP contribution in [0.5, 0.6) is 0 Å². The molecule has 1 N–H and O–H groups in total. The highest BCUT2D eigenvalue weighted by atomic mass is 16.6. The molecule has 0 aliphatic rings. The van der Waals surface area contributed by atoms with Crippen LogP contribution in [-0.4, -0.2) is 54.2 Å². The predicted octanol–water partition coefficient (Wildman–Crippen LogP) is -1.03. The highest BCUT2D eigenvalue weighted by Crippen LogP contribution is 2.12. The minimum Gasteiger partial charge on any atom is -0.456 e. The van der Waals surface area contributed by atoms with E-state index < -0.39 is 63.5 Å². The van der Waals surface area contributed by atoms with Gasteiger partial charge in [-0.1, -0.05) is 0 Å². The first-order valence-corrected chi connectivity index (χ1v) is 4.95. The summed E-state index contributed by atoms with van der Waals surface area (Å²) in [4.78, 5) is 44.4. The van der Waals surface area contributed by atoms with E-state index in [1.54, 1.807) is 0 Å². The zero-order valence-corrected chi connectivity index (χ0v) is 9.94. The maximum absolute atomic E-state index is 11.2. The molecule has 0 bridgehead atoms. The van der Waals surface area contributed by atoms with Crippen molar-refractivity contribution in [1.82, 2.24) is 0 Å². The van der Waals surface area contributed by atoms with Gasteiger partial charge in [-0.25, -0.2) is 0 Å². The number of aliphatic hydroxyl groups is 1. The summed E-state index contributed by atoms with van der Waals surface area (Å²) >= 11 is 0. The van der Waals surface area contributed by atoms with Gasteiger partial charge in [0.15, 0.2) is 24.6 Å². The Morgan fingerprint density at radius 3 is 2.11 bits per heavy atom. The third kappa shape index (κ3) is 6.51. The minimum atomic E-state index is -1.73. The summed E-state index contributed by atoms with van der Waals surface area (Å²) in [5, 5.41) is 9.19. The van der Waals surface area contributed by atoms with Gasteiger partial charge in [-0.15, -0.1) is 0 Å². The Morgan fingerprint density at radius 1 is 1.11 bits per heavy atom. The van der Waals surface area contributed by atoms with E-state index in [2.05, 4.69) is 9.47 Å². The van der Waals surface area contributed by atoms with Crippen molar-refractivity contribution in [3.8, 4) is 0 Å². The van der Waals surface area contributed by atoms with Crippen LogP contribution in [0.15, 0.2) is 0 Å². The topological polar surface area (TPSA) is 116 Å². The smallest absolute Gasteiger partial charge is 0.303 e. The highest BCUT2D eigenvalue weighted by Gasteiger charge is 2.36. The molecule has 0 heterocycles. The minimum absolute atomic E-state index is 0.0760. The first-order chi connectivity index (χ1) is 10.4. The standard InChI is InChI=1S/C11H16O8/c1-6(14)17-9(4-12)11(19-8(3)16)10(5-13)18-7(2)15/h4,9-11,13H,5H2,1-3H3/t9-,10+,11-/m0/s1/i1D,2D,3D. The Morgan fingerprint density at radius 2 is 1.63 bits per heavy atom.